The first-order chi connectivity index (χ1) is 19.0. The second-order valence-electron chi connectivity index (χ2n) is 13.5. The monoisotopic (exact) mass is 521 g/mol. The molecule has 4 aromatic rings. The fourth-order valence-electron chi connectivity index (χ4n) is 6.00. The molecule has 0 aliphatic heterocycles. The van der Waals surface area contributed by atoms with Crippen LogP contribution in [0.25, 0.3) is 22.3 Å². The van der Waals surface area contributed by atoms with Gasteiger partial charge in [-0.1, -0.05) is 95.3 Å². The molecule has 2 heteroatoms. The zero-order chi connectivity index (χ0) is 30.1. The average Bonchev–Trinajstić information content (AvgIpc) is 3.09. The fraction of sp³-hybridized carbons (Fsp3) is 0.351. The minimum atomic E-state index is -1.94. The van der Waals surface area contributed by atoms with Crippen LogP contribution in [0.2, 0.25) is 0 Å². The molecule has 0 amide bonds. The first-order valence-corrected chi connectivity index (χ1v) is 13.9. The molecule has 1 aliphatic rings. The van der Waals surface area contributed by atoms with Gasteiger partial charge in [0.1, 0.15) is 5.82 Å². The Morgan fingerprint density at radius 3 is 2.03 bits per heavy atom. The lowest BCUT2D eigenvalue weighted by atomic mass is 9.81. The molecule has 0 heterocycles. The first kappa shape index (κ1) is 24.6. The SMILES string of the molecule is [2H]C([2H])(c1c(F)cc(-c2ccccc2)cc1N(c1cc2c(cc1C)C(C)(C)c1ccccc1-2)C(C)(C)C)C(C)(C)C. The standard InChI is InChI=1S/C37H42FN/c1-24-19-31-28(27-17-13-14-18-30(27)37(31,8)9)22-33(24)39(36(5,6)7)34-21-26(25-15-11-10-12-16-25)20-32(38)29(34)23-35(2,3)4/h10-22H,23H2,1-9H3/i23D2. The van der Waals surface area contributed by atoms with Gasteiger partial charge in [0, 0.05) is 30.6 Å². The van der Waals surface area contributed by atoms with E-state index in [4.69, 9.17) is 0 Å². The van der Waals surface area contributed by atoms with Crippen molar-refractivity contribution in [2.24, 2.45) is 5.41 Å². The molecular weight excluding hydrogens is 477 g/mol. The third-order valence-corrected chi connectivity index (χ3v) is 7.73. The summed E-state index contributed by atoms with van der Waals surface area (Å²) in [7, 11) is 0. The molecule has 202 valence electrons. The Hall–Kier alpha value is -3.39. The smallest absolute Gasteiger partial charge is 0.129 e. The molecule has 0 unspecified atom stereocenters. The largest absolute Gasteiger partial charge is 0.336 e. The molecule has 0 aromatic heterocycles. The first-order valence-electron chi connectivity index (χ1n) is 14.9. The van der Waals surface area contributed by atoms with E-state index in [1.807, 2.05) is 57.2 Å². The summed E-state index contributed by atoms with van der Waals surface area (Å²) in [5.41, 5.74) is 7.84. The van der Waals surface area contributed by atoms with Crippen molar-refractivity contribution in [3.8, 4) is 22.3 Å². The highest BCUT2D eigenvalue weighted by Crippen LogP contribution is 2.52. The van der Waals surface area contributed by atoms with Crippen molar-refractivity contribution in [2.75, 3.05) is 4.90 Å². The van der Waals surface area contributed by atoms with E-state index in [0.29, 0.717) is 5.69 Å². The van der Waals surface area contributed by atoms with Crippen molar-refractivity contribution in [3.05, 3.63) is 107 Å². The number of hydrogen-bond acceptors (Lipinski definition) is 1. The highest BCUT2D eigenvalue weighted by atomic mass is 19.1. The van der Waals surface area contributed by atoms with E-state index < -0.39 is 23.1 Å². The number of aryl methyl sites for hydroxylation is 1. The lowest BCUT2D eigenvalue weighted by molar-refractivity contribution is 0.401. The minimum absolute atomic E-state index is 0.0974. The van der Waals surface area contributed by atoms with Crippen LogP contribution in [0.1, 0.15) is 80.4 Å². The summed E-state index contributed by atoms with van der Waals surface area (Å²) in [6.07, 6.45) is -1.94. The number of rotatable bonds is 4. The highest BCUT2D eigenvalue weighted by Gasteiger charge is 2.37. The van der Waals surface area contributed by atoms with Crippen LogP contribution in [0.15, 0.2) is 78.9 Å². The van der Waals surface area contributed by atoms with Crippen molar-refractivity contribution in [1.82, 2.24) is 0 Å². The molecule has 4 aromatic carbocycles. The quantitative estimate of drug-likeness (QED) is 0.258. The Morgan fingerprint density at radius 1 is 0.744 bits per heavy atom. The van der Waals surface area contributed by atoms with E-state index in [9.17, 15) is 2.74 Å². The summed E-state index contributed by atoms with van der Waals surface area (Å²) >= 11 is 0. The number of benzene rings is 4. The molecule has 0 bridgehead atoms. The van der Waals surface area contributed by atoms with E-state index in [-0.39, 0.29) is 11.0 Å². The van der Waals surface area contributed by atoms with Crippen LogP contribution in [-0.4, -0.2) is 5.54 Å². The number of fused-ring (bicyclic) bond motifs is 3. The van der Waals surface area contributed by atoms with Crippen molar-refractivity contribution >= 4 is 11.4 Å². The molecule has 39 heavy (non-hydrogen) atoms. The Morgan fingerprint density at radius 2 is 1.38 bits per heavy atom. The minimum Gasteiger partial charge on any atom is -0.336 e. The predicted molar refractivity (Wildman–Crippen MR) is 166 cm³/mol. The number of hydrogen-bond donors (Lipinski definition) is 0. The van der Waals surface area contributed by atoms with Crippen LogP contribution in [0.3, 0.4) is 0 Å². The van der Waals surface area contributed by atoms with Crippen molar-refractivity contribution < 1.29 is 7.13 Å². The normalized spacial score (nSPS) is 15.3. The summed E-state index contributed by atoms with van der Waals surface area (Å²) in [6, 6.07) is 26.3. The Kier molecular flexibility index (Phi) is 5.92. The number of nitrogens with zero attached hydrogens (tertiary/aromatic N) is 1. The molecule has 1 nitrogen and oxygen atoms in total. The van der Waals surface area contributed by atoms with Gasteiger partial charge in [0.25, 0.3) is 0 Å². The molecule has 1 aliphatic carbocycles. The van der Waals surface area contributed by atoms with E-state index >= 15 is 4.39 Å². The maximum absolute atomic E-state index is 16.4. The maximum atomic E-state index is 16.4. The predicted octanol–water partition coefficient (Wildman–Crippen LogP) is 10.6. The van der Waals surface area contributed by atoms with Crippen LogP contribution in [-0.2, 0) is 11.8 Å². The summed E-state index contributed by atoms with van der Waals surface area (Å²) in [6.45, 7) is 18.5. The van der Waals surface area contributed by atoms with Crippen LogP contribution in [0, 0.1) is 18.2 Å². The Balaban J connectivity index is 1.86. The van der Waals surface area contributed by atoms with Crippen LogP contribution < -0.4 is 4.90 Å². The molecule has 0 spiro atoms. The topological polar surface area (TPSA) is 3.24 Å². The summed E-state index contributed by atoms with van der Waals surface area (Å²) in [5, 5.41) is 0. The van der Waals surface area contributed by atoms with E-state index in [2.05, 4.69) is 82.8 Å². The van der Waals surface area contributed by atoms with Crippen LogP contribution in [0.4, 0.5) is 15.8 Å². The molecule has 5 rings (SSSR count). The van der Waals surface area contributed by atoms with Gasteiger partial charge in [-0.2, -0.15) is 0 Å². The summed E-state index contributed by atoms with van der Waals surface area (Å²) in [5.74, 6) is -0.527. The van der Waals surface area contributed by atoms with Crippen LogP contribution >= 0.6 is 0 Å². The van der Waals surface area contributed by atoms with Crippen molar-refractivity contribution in [3.63, 3.8) is 0 Å². The lowest BCUT2D eigenvalue weighted by Gasteiger charge is -2.41. The van der Waals surface area contributed by atoms with Gasteiger partial charge in [0.15, 0.2) is 0 Å². The molecular formula is C37H42FN. The van der Waals surface area contributed by atoms with E-state index in [0.717, 1.165) is 22.4 Å². The third kappa shape index (κ3) is 4.91. The highest BCUT2D eigenvalue weighted by molar-refractivity contribution is 5.86. The third-order valence-electron chi connectivity index (χ3n) is 7.73. The van der Waals surface area contributed by atoms with Crippen LogP contribution in [0.5, 0.6) is 0 Å². The number of anilines is 2. The van der Waals surface area contributed by atoms with Crippen molar-refractivity contribution in [1.29, 1.82) is 0 Å². The zero-order valence-electron chi connectivity index (χ0n) is 26.8. The van der Waals surface area contributed by atoms with Gasteiger partial charge in [0.05, 0.1) is 0 Å². The maximum Gasteiger partial charge on any atom is 0.129 e. The summed E-state index contributed by atoms with van der Waals surface area (Å²) < 4.78 is 35.0. The van der Waals surface area contributed by atoms with Crippen molar-refractivity contribution in [2.45, 2.75) is 79.6 Å². The van der Waals surface area contributed by atoms with E-state index in [1.54, 1.807) is 0 Å². The lowest BCUT2D eigenvalue weighted by Crippen LogP contribution is -2.39. The molecule has 0 N–H and O–H groups in total. The zero-order valence-corrected chi connectivity index (χ0v) is 24.8. The van der Waals surface area contributed by atoms with Gasteiger partial charge in [-0.05, 0) is 96.6 Å². The average molecular weight is 522 g/mol. The molecule has 0 atom stereocenters. The van der Waals surface area contributed by atoms with Gasteiger partial charge in [-0.25, -0.2) is 4.39 Å². The summed E-state index contributed by atoms with van der Waals surface area (Å²) in [4.78, 5) is 2.16. The molecule has 0 radical (unpaired) electrons. The Labute approximate surface area is 237 Å². The van der Waals surface area contributed by atoms with Gasteiger partial charge >= 0.3 is 0 Å². The molecule has 0 fully saturated rings. The second-order valence-corrected chi connectivity index (χ2v) is 13.5. The molecule has 0 saturated carbocycles. The Bertz CT molecular complexity index is 1620. The van der Waals surface area contributed by atoms with Gasteiger partial charge < -0.3 is 4.90 Å². The van der Waals surface area contributed by atoms with Gasteiger partial charge in [-0.15, -0.1) is 0 Å². The second kappa shape index (κ2) is 9.37. The fourth-order valence-corrected chi connectivity index (χ4v) is 6.00. The molecule has 0 saturated heterocycles. The number of halogens is 1. The van der Waals surface area contributed by atoms with Gasteiger partial charge in [0.2, 0.25) is 0 Å². The van der Waals surface area contributed by atoms with E-state index in [1.165, 1.54) is 28.3 Å². The van der Waals surface area contributed by atoms with Gasteiger partial charge in [-0.3, -0.25) is 0 Å².